The van der Waals surface area contributed by atoms with Crippen LogP contribution in [0.5, 0.6) is 0 Å². The summed E-state index contributed by atoms with van der Waals surface area (Å²) in [6.07, 6.45) is 1.90. The van der Waals surface area contributed by atoms with Crippen LogP contribution in [0.15, 0.2) is 24.3 Å². The van der Waals surface area contributed by atoms with Gasteiger partial charge in [0, 0.05) is 43.6 Å². The molecule has 1 amide bonds. The highest BCUT2D eigenvalue weighted by Gasteiger charge is 2.19. The molecule has 1 aliphatic rings. The second kappa shape index (κ2) is 10.3. The molecule has 2 aromatic rings. The van der Waals surface area contributed by atoms with Crippen LogP contribution in [0.4, 0.5) is 5.95 Å². The average molecular weight is 399 g/mol. The van der Waals surface area contributed by atoms with Crippen molar-refractivity contribution in [3.8, 4) is 11.3 Å². The van der Waals surface area contributed by atoms with E-state index >= 15 is 0 Å². The molecule has 2 heterocycles. The number of nitrogens with one attached hydrogen (secondary N) is 1. The van der Waals surface area contributed by atoms with Crippen LogP contribution in [0, 0.1) is 6.92 Å². The number of nitrogens with zero attached hydrogens (tertiary/aromatic N) is 3. The van der Waals surface area contributed by atoms with Crippen LogP contribution in [-0.2, 0) is 15.9 Å². The molecule has 3 rings (SSSR count). The molecule has 156 valence electrons. The lowest BCUT2D eigenvalue weighted by molar-refractivity contribution is 0.0937. The molecule has 0 radical (unpaired) electrons. The minimum Gasteiger partial charge on any atom is -0.383 e. The molecule has 0 bridgehead atoms. The second-order valence-electron chi connectivity index (χ2n) is 7.12. The third-order valence-electron chi connectivity index (χ3n) is 4.99. The van der Waals surface area contributed by atoms with E-state index in [4.69, 9.17) is 19.4 Å². The number of hydrogen-bond acceptors (Lipinski definition) is 6. The van der Waals surface area contributed by atoms with Crippen LogP contribution in [0.2, 0.25) is 0 Å². The summed E-state index contributed by atoms with van der Waals surface area (Å²) >= 11 is 0. The number of benzene rings is 1. The van der Waals surface area contributed by atoms with Crippen molar-refractivity contribution in [1.82, 2.24) is 15.3 Å². The zero-order valence-corrected chi connectivity index (χ0v) is 17.5. The molecule has 0 saturated carbocycles. The van der Waals surface area contributed by atoms with Crippen molar-refractivity contribution < 1.29 is 14.3 Å². The second-order valence-corrected chi connectivity index (χ2v) is 7.12. The lowest BCUT2D eigenvalue weighted by Gasteiger charge is -2.28. The first-order valence-corrected chi connectivity index (χ1v) is 10.2. The highest BCUT2D eigenvalue weighted by molar-refractivity contribution is 5.95. The number of carbonyl (C=O) groups is 1. The van der Waals surface area contributed by atoms with Crippen LogP contribution in [0.1, 0.15) is 35.0 Å². The number of rotatable bonds is 8. The zero-order valence-electron chi connectivity index (χ0n) is 17.5. The van der Waals surface area contributed by atoms with Gasteiger partial charge in [0.15, 0.2) is 0 Å². The van der Waals surface area contributed by atoms with Crippen molar-refractivity contribution in [3.05, 3.63) is 41.1 Å². The molecule has 1 aromatic heterocycles. The number of amides is 1. The summed E-state index contributed by atoms with van der Waals surface area (Å²) in [5.41, 5.74) is 4.60. The van der Waals surface area contributed by atoms with Gasteiger partial charge >= 0.3 is 0 Å². The van der Waals surface area contributed by atoms with Crippen molar-refractivity contribution in [3.63, 3.8) is 0 Å². The summed E-state index contributed by atoms with van der Waals surface area (Å²) in [5, 5.41) is 2.87. The predicted molar refractivity (Wildman–Crippen MR) is 113 cm³/mol. The number of aromatic nitrogens is 2. The van der Waals surface area contributed by atoms with Gasteiger partial charge in [0.1, 0.15) is 0 Å². The summed E-state index contributed by atoms with van der Waals surface area (Å²) < 4.78 is 10.5. The molecular formula is C22H30N4O3. The van der Waals surface area contributed by atoms with Gasteiger partial charge in [0.05, 0.1) is 25.5 Å². The topological polar surface area (TPSA) is 76.6 Å². The third-order valence-corrected chi connectivity index (χ3v) is 4.99. The SMILES string of the molecule is CCCc1c(C)nc(N2CCOCC2)nc1-c1cccc(C(=O)NCCOC)c1. The maximum atomic E-state index is 12.5. The van der Waals surface area contributed by atoms with Gasteiger partial charge in [-0.25, -0.2) is 9.97 Å². The molecule has 1 N–H and O–H groups in total. The fourth-order valence-corrected chi connectivity index (χ4v) is 3.45. The first kappa shape index (κ1) is 21.2. The van der Waals surface area contributed by atoms with Gasteiger partial charge in [-0.05, 0) is 31.0 Å². The molecule has 7 nitrogen and oxygen atoms in total. The monoisotopic (exact) mass is 398 g/mol. The zero-order chi connectivity index (χ0) is 20.6. The standard InChI is InChI=1S/C22H30N4O3/c1-4-6-19-16(2)24-22(26-10-13-29-14-11-26)25-20(19)17-7-5-8-18(15-17)21(27)23-9-12-28-3/h5,7-8,15H,4,6,9-14H2,1-3H3,(H,23,27). The fourth-order valence-electron chi connectivity index (χ4n) is 3.45. The molecule has 1 saturated heterocycles. The van der Waals surface area contributed by atoms with E-state index in [-0.39, 0.29) is 5.91 Å². The maximum Gasteiger partial charge on any atom is 0.251 e. The van der Waals surface area contributed by atoms with E-state index in [2.05, 4.69) is 17.1 Å². The molecule has 0 unspecified atom stereocenters. The predicted octanol–water partition coefficient (Wildman–Crippen LogP) is 2.62. The summed E-state index contributed by atoms with van der Waals surface area (Å²) in [6.45, 7) is 8.10. The van der Waals surface area contributed by atoms with Gasteiger partial charge in [-0.3, -0.25) is 4.79 Å². The number of methoxy groups -OCH3 is 1. The number of aryl methyl sites for hydroxylation is 1. The largest absolute Gasteiger partial charge is 0.383 e. The molecule has 0 spiro atoms. The summed E-state index contributed by atoms with van der Waals surface area (Å²) in [4.78, 5) is 24.3. The van der Waals surface area contributed by atoms with Crippen LogP contribution >= 0.6 is 0 Å². The lowest BCUT2D eigenvalue weighted by atomic mass is 9.99. The van der Waals surface area contributed by atoms with E-state index < -0.39 is 0 Å². The van der Waals surface area contributed by atoms with Gasteiger partial charge in [0.25, 0.3) is 5.91 Å². The normalized spacial score (nSPS) is 14.1. The number of hydrogen-bond donors (Lipinski definition) is 1. The van der Waals surface area contributed by atoms with Crippen LogP contribution in [0.25, 0.3) is 11.3 Å². The van der Waals surface area contributed by atoms with Crippen molar-refractivity contribution in [2.24, 2.45) is 0 Å². The Hall–Kier alpha value is -2.51. The number of carbonyl (C=O) groups excluding carboxylic acids is 1. The first-order chi connectivity index (χ1) is 14.1. The number of ether oxygens (including phenoxy) is 2. The number of morpholine rings is 1. The summed E-state index contributed by atoms with van der Waals surface area (Å²) in [5.74, 6) is 0.621. The smallest absolute Gasteiger partial charge is 0.251 e. The van der Waals surface area contributed by atoms with E-state index in [0.717, 1.165) is 54.4 Å². The number of anilines is 1. The highest BCUT2D eigenvalue weighted by Crippen LogP contribution is 2.28. The minimum atomic E-state index is -0.111. The Labute approximate surface area is 172 Å². The van der Waals surface area contributed by atoms with Crippen LogP contribution in [-0.4, -0.2) is 62.4 Å². The Kier molecular flexibility index (Phi) is 7.55. The average Bonchev–Trinajstić information content (AvgIpc) is 2.76. The fraction of sp³-hybridized carbons (Fsp3) is 0.500. The molecule has 0 aliphatic carbocycles. The van der Waals surface area contributed by atoms with Gasteiger partial charge in [-0.1, -0.05) is 25.5 Å². The molecule has 7 heteroatoms. The van der Waals surface area contributed by atoms with Gasteiger partial charge in [-0.2, -0.15) is 0 Å². The molecule has 1 fully saturated rings. The van der Waals surface area contributed by atoms with E-state index in [9.17, 15) is 4.79 Å². The molecule has 1 aromatic carbocycles. The van der Waals surface area contributed by atoms with Crippen molar-refractivity contribution in [1.29, 1.82) is 0 Å². The Balaban J connectivity index is 1.96. The highest BCUT2D eigenvalue weighted by atomic mass is 16.5. The Morgan fingerprint density at radius 3 is 2.79 bits per heavy atom. The van der Waals surface area contributed by atoms with Crippen LogP contribution < -0.4 is 10.2 Å². The van der Waals surface area contributed by atoms with Gasteiger partial charge in [-0.15, -0.1) is 0 Å². The summed E-state index contributed by atoms with van der Waals surface area (Å²) in [6, 6.07) is 7.65. The quantitative estimate of drug-likeness (QED) is 0.689. The van der Waals surface area contributed by atoms with Gasteiger partial charge in [0.2, 0.25) is 5.95 Å². The van der Waals surface area contributed by atoms with Crippen molar-refractivity contribution >= 4 is 11.9 Å². The van der Waals surface area contributed by atoms with E-state index in [1.54, 1.807) is 7.11 Å². The van der Waals surface area contributed by atoms with Crippen LogP contribution in [0.3, 0.4) is 0 Å². The van der Waals surface area contributed by atoms with Gasteiger partial charge < -0.3 is 19.7 Å². The van der Waals surface area contributed by atoms with Crippen molar-refractivity contribution in [2.75, 3.05) is 51.5 Å². The molecule has 0 atom stereocenters. The van der Waals surface area contributed by atoms with E-state index in [0.29, 0.717) is 31.9 Å². The maximum absolute atomic E-state index is 12.5. The van der Waals surface area contributed by atoms with Crippen molar-refractivity contribution in [2.45, 2.75) is 26.7 Å². The first-order valence-electron chi connectivity index (χ1n) is 10.2. The minimum absolute atomic E-state index is 0.111. The molecular weight excluding hydrogens is 368 g/mol. The Morgan fingerprint density at radius 1 is 1.28 bits per heavy atom. The molecule has 29 heavy (non-hydrogen) atoms. The van der Waals surface area contributed by atoms with E-state index in [1.165, 1.54) is 0 Å². The molecule has 1 aliphatic heterocycles. The Morgan fingerprint density at radius 2 is 2.07 bits per heavy atom. The van der Waals surface area contributed by atoms with E-state index in [1.807, 2.05) is 31.2 Å². The lowest BCUT2D eigenvalue weighted by Crippen LogP contribution is -2.37. The third kappa shape index (κ3) is 5.31. The summed E-state index contributed by atoms with van der Waals surface area (Å²) in [7, 11) is 1.62. The Bertz CT molecular complexity index is 835.